The summed E-state index contributed by atoms with van der Waals surface area (Å²) in [6.45, 7) is 20.2. The van der Waals surface area contributed by atoms with Gasteiger partial charge in [-0.25, -0.2) is 0 Å². The summed E-state index contributed by atoms with van der Waals surface area (Å²) in [6.07, 6.45) is 9.64. The lowest BCUT2D eigenvalue weighted by molar-refractivity contribution is 0.486. The van der Waals surface area contributed by atoms with Crippen molar-refractivity contribution in [2.75, 3.05) is 13.1 Å². The molecule has 0 radical (unpaired) electrons. The standard InChI is InChI=1S/C19H32N2/c1-16(2)20-14-10-8-6-7-9-11-17(3)15-21-18(4)12-13-19(21)5/h20H,1,3-15H2,2H3. The molecule has 0 atom stereocenters. The topological polar surface area (TPSA) is 15.3 Å². The van der Waals surface area contributed by atoms with Crippen LogP contribution in [0.4, 0.5) is 0 Å². The molecule has 1 saturated heterocycles. The minimum atomic E-state index is 0.917. The van der Waals surface area contributed by atoms with Gasteiger partial charge in [-0.2, -0.15) is 0 Å². The maximum atomic E-state index is 4.21. The summed E-state index contributed by atoms with van der Waals surface area (Å²) >= 11 is 0. The number of allylic oxidation sites excluding steroid dienone is 3. The zero-order valence-electron chi connectivity index (χ0n) is 13.8. The molecule has 1 fully saturated rings. The third kappa shape index (κ3) is 7.22. The van der Waals surface area contributed by atoms with E-state index < -0.39 is 0 Å². The smallest absolute Gasteiger partial charge is 0.0432 e. The van der Waals surface area contributed by atoms with E-state index in [9.17, 15) is 0 Å². The van der Waals surface area contributed by atoms with Crippen LogP contribution in [-0.2, 0) is 0 Å². The zero-order chi connectivity index (χ0) is 15.7. The van der Waals surface area contributed by atoms with Crippen LogP contribution in [0.3, 0.4) is 0 Å². The van der Waals surface area contributed by atoms with Crippen molar-refractivity contribution < 1.29 is 0 Å². The van der Waals surface area contributed by atoms with Gasteiger partial charge in [-0.05, 0) is 39.0 Å². The Hall–Kier alpha value is -1.44. The molecule has 0 amide bonds. The lowest BCUT2D eigenvalue weighted by atomic mass is 10.1. The average Bonchev–Trinajstić information content (AvgIpc) is 2.73. The Morgan fingerprint density at radius 1 is 1.00 bits per heavy atom. The highest BCUT2D eigenvalue weighted by Gasteiger charge is 2.19. The Morgan fingerprint density at radius 3 is 2.19 bits per heavy atom. The molecule has 118 valence electrons. The summed E-state index contributed by atoms with van der Waals surface area (Å²) in [5.74, 6) is 0. The van der Waals surface area contributed by atoms with Crippen molar-refractivity contribution in [2.45, 2.75) is 58.3 Å². The summed E-state index contributed by atoms with van der Waals surface area (Å²) in [4.78, 5) is 2.24. The number of unbranched alkanes of at least 4 members (excludes halogenated alkanes) is 4. The molecule has 0 bridgehead atoms. The van der Waals surface area contributed by atoms with Crippen LogP contribution in [0, 0.1) is 0 Å². The molecule has 21 heavy (non-hydrogen) atoms. The monoisotopic (exact) mass is 288 g/mol. The second-order valence-electron chi connectivity index (χ2n) is 6.19. The van der Waals surface area contributed by atoms with Crippen molar-refractivity contribution in [3.8, 4) is 0 Å². The molecule has 1 aliphatic heterocycles. The molecule has 2 nitrogen and oxygen atoms in total. The Balaban J connectivity index is 2.00. The maximum Gasteiger partial charge on any atom is 0.0432 e. The van der Waals surface area contributed by atoms with Gasteiger partial charge in [0.2, 0.25) is 0 Å². The van der Waals surface area contributed by atoms with E-state index >= 15 is 0 Å². The van der Waals surface area contributed by atoms with E-state index in [2.05, 4.69) is 36.5 Å². The van der Waals surface area contributed by atoms with Crippen LogP contribution in [0.1, 0.15) is 58.3 Å². The fourth-order valence-electron chi connectivity index (χ4n) is 2.64. The van der Waals surface area contributed by atoms with E-state index in [4.69, 9.17) is 0 Å². The maximum absolute atomic E-state index is 4.21. The van der Waals surface area contributed by atoms with E-state index in [-0.39, 0.29) is 0 Å². The summed E-state index contributed by atoms with van der Waals surface area (Å²) in [5, 5.41) is 3.27. The van der Waals surface area contributed by atoms with Crippen LogP contribution in [0.2, 0.25) is 0 Å². The van der Waals surface area contributed by atoms with E-state index in [1.165, 1.54) is 49.1 Å². The summed E-state index contributed by atoms with van der Waals surface area (Å²) < 4.78 is 0. The summed E-state index contributed by atoms with van der Waals surface area (Å²) in [6, 6.07) is 0. The van der Waals surface area contributed by atoms with Crippen LogP contribution >= 0.6 is 0 Å². The quantitative estimate of drug-likeness (QED) is 0.419. The normalized spacial score (nSPS) is 14.6. The first-order valence-corrected chi connectivity index (χ1v) is 8.20. The van der Waals surface area contributed by atoms with Gasteiger partial charge in [0.15, 0.2) is 0 Å². The molecule has 2 heteroatoms. The predicted octanol–water partition coefficient (Wildman–Crippen LogP) is 5.13. The minimum absolute atomic E-state index is 0.917. The second kappa shape index (κ2) is 9.49. The van der Waals surface area contributed by atoms with Crippen LogP contribution < -0.4 is 5.32 Å². The van der Waals surface area contributed by atoms with Gasteiger partial charge < -0.3 is 10.2 Å². The first-order valence-electron chi connectivity index (χ1n) is 8.20. The number of hydrogen-bond acceptors (Lipinski definition) is 2. The van der Waals surface area contributed by atoms with E-state index in [0.717, 1.165) is 38.0 Å². The fourth-order valence-corrected chi connectivity index (χ4v) is 2.64. The van der Waals surface area contributed by atoms with Gasteiger partial charge in [0, 0.05) is 30.2 Å². The van der Waals surface area contributed by atoms with Gasteiger partial charge in [-0.15, -0.1) is 0 Å². The predicted molar refractivity (Wildman–Crippen MR) is 93.9 cm³/mol. The Bertz CT molecular complexity index is 376. The SMILES string of the molecule is C=C(CCCCCCCNC(=C)C)CN1C(=C)CCC1=C. The molecule has 0 spiro atoms. The van der Waals surface area contributed by atoms with Crippen molar-refractivity contribution in [1.29, 1.82) is 0 Å². The number of hydrogen-bond donors (Lipinski definition) is 1. The van der Waals surface area contributed by atoms with Crippen molar-refractivity contribution in [2.24, 2.45) is 0 Å². The van der Waals surface area contributed by atoms with Crippen LogP contribution in [-0.4, -0.2) is 18.0 Å². The van der Waals surface area contributed by atoms with E-state index in [1.54, 1.807) is 0 Å². The largest absolute Gasteiger partial charge is 0.389 e. The highest BCUT2D eigenvalue weighted by atomic mass is 15.2. The lowest BCUT2D eigenvalue weighted by Gasteiger charge is -2.22. The van der Waals surface area contributed by atoms with E-state index in [1.807, 2.05) is 6.92 Å². The van der Waals surface area contributed by atoms with Gasteiger partial charge in [-0.3, -0.25) is 0 Å². The van der Waals surface area contributed by atoms with Crippen LogP contribution in [0.15, 0.2) is 49.0 Å². The fraction of sp³-hybridized carbons (Fsp3) is 0.579. The molecule has 0 aromatic rings. The zero-order valence-corrected chi connectivity index (χ0v) is 13.8. The number of rotatable bonds is 11. The molecule has 0 aromatic heterocycles. The Morgan fingerprint density at radius 2 is 1.57 bits per heavy atom. The molecular formula is C19H32N2. The minimum Gasteiger partial charge on any atom is -0.389 e. The molecule has 0 saturated carbocycles. The van der Waals surface area contributed by atoms with Crippen molar-refractivity contribution >= 4 is 0 Å². The lowest BCUT2D eigenvalue weighted by Crippen LogP contribution is -2.17. The van der Waals surface area contributed by atoms with Crippen LogP contribution in [0.25, 0.3) is 0 Å². The highest BCUT2D eigenvalue weighted by molar-refractivity contribution is 5.19. The van der Waals surface area contributed by atoms with Crippen molar-refractivity contribution in [3.63, 3.8) is 0 Å². The molecule has 1 heterocycles. The molecule has 1 N–H and O–H groups in total. The third-order valence-corrected chi connectivity index (χ3v) is 3.98. The Kier molecular flexibility index (Phi) is 7.96. The summed E-state index contributed by atoms with van der Waals surface area (Å²) in [5.41, 5.74) is 4.77. The first kappa shape index (κ1) is 17.6. The second-order valence-corrected chi connectivity index (χ2v) is 6.19. The molecule has 0 aromatic carbocycles. The van der Waals surface area contributed by atoms with Gasteiger partial charge in [0.05, 0.1) is 0 Å². The average molecular weight is 288 g/mol. The first-order chi connectivity index (χ1) is 10.0. The Labute approximate surface area is 131 Å². The highest BCUT2D eigenvalue weighted by Crippen LogP contribution is 2.29. The molecule has 1 rings (SSSR count). The summed E-state index contributed by atoms with van der Waals surface area (Å²) in [7, 11) is 0. The van der Waals surface area contributed by atoms with Gasteiger partial charge in [0.25, 0.3) is 0 Å². The number of nitrogens with one attached hydrogen (secondary N) is 1. The molecule has 1 aliphatic rings. The molecular weight excluding hydrogens is 256 g/mol. The van der Waals surface area contributed by atoms with Crippen molar-refractivity contribution in [1.82, 2.24) is 10.2 Å². The van der Waals surface area contributed by atoms with Gasteiger partial charge in [0.1, 0.15) is 0 Å². The van der Waals surface area contributed by atoms with Gasteiger partial charge in [-0.1, -0.05) is 51.2 Å². The van der Waals surface area contributed by atoms with Gasteiger partial charge >= 0.3 is 0 Å². The third-order valence-electron chi connectivity index (χ3n) is 3.98. The van der Waals surface area contributed by atoms with E-state index in [0.29, 0.717) is 0 Å². The number of likely N-dealkylation sites (tertiary alicyclic amines) is 1. The molecule has 0 aliphatic carbocycles. The van der Waals surface area contributed by atoms with Crippen molar-refractivity contribution in [3.05, 3.63) is 49.0 Å². The van der Waals surface area contributed by atoms with Crippen LogP contribution in [0.5, 0.6) is 0 Å². The molecule has 0 unspecified atom stereocenters. The number of nitrogens with zero attached hydrogens (tertiary/aromatic N) is 1.